The molecule has 1 aliphatic heterocycles. The van der Waals surface area contributed by atoms with Crippen molar-refractivity contribution in [2.24, 2.45) is 5.73 Å². The number of nitrogens with zero attached hydrogens (tertiary/aromatic N) is 2. The van der Waals surface area contributed by atoms with Gasteiger partial charge in [-0.25, -0.2) is 0 Å². The fraction of sp³-hybridized carbons (Fsp3) is 0.727. The van der Waals surface area contributed by atoms with Gasteiger partial charge in [0.25, 0.3) is 0 Å². The molecule has 2 N–H and O–H groups in total. The minimum absolute atomic E-state index is 0.0522. The molecule has 82 valence electrons. The maximum absolute atomic E-state index is 6.13. The van der Waals surface area contributed by atoms with Crippen LogP contribution in [-0.2, 0) is 10.3 Å². The average molecular weight is 207 g/mol. The van der Waals surface area contributed by atoms with Crippen LogP contribution in [0.5, 0.6) is 0 Å². The maximum Gasteiger partial charge on any atom is 0.0563 e. The summed E-state index contributed by atoms with van der Waals surface area (Å²) in [7, 11) is 0. The van der Waals surface area contributed by atoms with E-state index in [1.54, 1.807) is 0 Å². The molecule has 2 fully saturated rings. The van der Waals surface area contributed by atoms with Gasteiger partial charge in [-0.15, -0.1) is 0 Å². The SMILES string of the molecule is NC1(c2cnn(C3CCOCC3)c2)CC1. The smallest absolute Gasteiger partial charge is 0.0563 e. The van der Waals surface area contributed by atoms with E-state index < -0.39 is 0 Å². The zero-order valence-electron chi connectivity index (χ0n) is 8.85. The van der Waals surface area contributed by atoms with Crippen LogP contribution in [0.25, 0.3) is 0 Å². The Morgan fingerprint density at radius 3 is 2.80 bits per heavy atom. The van der Waals surface area contributed by atoms with Crippen LogP contribution < -0.4 is 5.73 Å². The molecule has 0 radical (unpaired) electrons. The fourth-order valence-electron chi connectivity index (χ4n) is 2.17. The Bertz CT molecular complexity index is 350. The highest BCUT2D eigenvalue weighted by Crippen LogP contribution is 2.42. The third-order valence-electron chi connectivity index (χ3n) is 3.53. The van der Waals surface area contributed by atoms with Gasteiger partial charge in [0.1, 0.15) is 0 Å². The first kappa shape index (κ1) is 9.36. The van der Waals surface area contributed by atoms with Crippen molar-refractivity contribution >= 4 is 0 Å². The molecular weight excluding hydrogens is 190 g/mol. The maximum atomic E-state index is 6.13. The molecule has 0 unspecified atom stereocenters. The van der Waals surface area contributed by atoms with Gasteiger partial charge < -0.3 is 10.5 Å². The minimum atomic E-state index is -0.0522. The molecule has 1 saturated heterocycles. The molecule has 0 atom stereocenters. The van der Waals surface area contributed by atoms with Crippen LogP contribution >= 0.6 is 0 Å². The second kappa shape index (κ2) is 3.32. The van der Waals surface area contributed by atoms with E-state index in [0.29, 0.717) is 6.04 Å². The molecule has 1 aromatic heterocycles. The summed E-state index contributed by atoms with van der Waals surface area (Å²) in [5.41, 5.74) is 7.28. The summed E-state index contributed by atoms with van der Waals surface area (Å²) < 4.78 is 7.42. The predicted molar refractivity (Wildman–Crippen MR) is 56.4 cm³/mol. The van der Waals surface area contributed by atoms with Crippen LogP contribution in [0.15, 0.2) is 12.4 Å². The molecule has 0 amide bonds. The van der Waals surface area contributed by atoms with Crippen LogP contribution in [0.3, 0.4) is 0 Å². The Labute approximate surface area is 89.4 Å². The Balaban J connectivity index is 1.77. The number of hydrogen-bond donors (Lipinski definition) is 1. The molecule has 3 rings (SSSR count). The van der Waals surface area contributed by atoms with Crippen LogP contribution in [0, 0.1) is 0 Å². The summed E-state index contributed by atoms with van der Waals surface area (Å²) in [6.07, 6.45) is 8.40. The second-order valence-corrected chi connectivity index (χ2v) is 4.71. The van der Waals surface area contributed by atoms with Gasteiger partial charge in [-0.05, 0) is 25.7 Å². The van der Waals surface area contributed by atoms with Crippen LogP contribution in [0.2, 0.25) is 0 Å². The molecule has 1 saturated carbocycles. The standard InChI is InChI=1S/C11H17N3O/c12-11(3-4-11)9-7-13-14(8-9)10-1-5-15-6-2-10/h7-8,10H,1-6,12H2. The van der Waals surface area contributed by atoms with Crippen molar-refractivity contribution in [1.82, 2.24) is 9.78 Å². The van der Waals surface area contributed by atoms with Gasteiger partial charge in [0.15, 0.2) is 0 Å². The average Bonchev–Trinajstić information content (AvgIpc) is 2.85. The van der Waals surface area contributed by atoms with E-state index in [2.05, 4.69) is 16.0 Å². The fourth-order valence-corrected chi connectivity index (χ4v) is 2.17. The molecule has 4 heteroatoms. The van der Waals surface area contributed by atoms with Gasteiger partial charge in [0, 0.05) is 30.5 Å². The normalized spacial score (nSPS) is 25.4. The lowest BCUT2D eigenvalue weighted by molar-refractivity contribution is 0.0662. The Kier molecular flexibility index (Phi) is 2.07. The minimum Gasteiger partial charge on any atom is -0.381 e. The summed E-state index contributed by atoms with van der Waals surface area (Å²) in [6.45, 7) is 1.71. The lowest BCUT2D eigenvalue weighted by Gasteiger charge is -2.22. The van der Waals surface area contributed by atoms with Crippen molar-refractivity contribution in [1.29, 1.82) is 0 Å². The van der Waals surface area contributed by atoms with Gasteiger partial charge in [0.05, 0.1) is 12.2 Å². The summed E-state index contributed by atoms with van der Waals surface area (Å²) in [5, 5.41) is 4.43. The van der Waals surface area contributed by atoms with Crippen LogP contribution in [0.4, 0.5) is 0 Å². The van der Waals surface area contributed by atoms with Crippen LogP contribution in [0.1, 0.15) is 37.3 Å². The Morgan fingerprint density at radius 2 is 2.13 bits per heavy atom. The quantitative estimate of drug-likeness (QED) is 0.792. The van der Waals surface area contributed by atoms with E-state index in [0.717, 1.165) is 38.9 Å². The molecule has 1 aromatic rings. The van der Waals surface area contributed by atoms with E-state index in [-0.39, 0.29) is 5.54 Å². The van der Waals surface area contributed by atoms with Gasteiger partial charge in [-0.3, -0.25) is 4.68 Å². The summed E-state index contributed by atoms with van der Waals surface area (Å²) in [5.74, 6) is 0. The molecule has 0 spiro atoms. The number of ether oxygens (including phenoxy) is 1. The van der Waals surface area contributed by atoms with Crippen molar-refractivity contribution < 1.29 is 4.74 Å². The molecule has 1 aliphatic carbocycles. The van der Waals surface area contributed by atoms with Crippen LogP contribution in [-0.4, -0.2) is 23.0 Å². The van der Waals surface area contributed by atoms with Gasteiger partial charge in [-0.2, -0.15) is 5.10 Å². The highest BCUT2D eigenvalue weighted by Gasteiger charge is 2.41. The lowest BCUT2D eigenvalue weighted by Crippen LogP contribution is -2.20. The van der Waals surface area contributed by atoms with Crippen molar-refractivity contribution in [3.63, 3.8) is 0 Å². The van der Waals surface area contributed by atoms with Gasteiger partial charge in [0.2, 0.25) is 0 Å². The van der Waals surface area contributed by atoms with Crippen molar-refractivity contribution in [2.75, 3.05) is 13.2 Å². The number of nitrogens with two attached hydrogens (primary N) is 1. The first-order valence-corrected chi connectivity index (χ1v) is 5.69. The number of rotatable bonds is 2. The first-order valence-electron chi connectivity index (χ1n) is 5.69. The van der Waals surface area contributed by atoms with E-state index in [9.17, 15) is 0 Å². The van der Waals surface area contributed by atoms with Crippen molar-refractivity contribution in [3.8, 4) is 0 Å². The third-order valence-corrected chi connectivity index (χ3v) is 3.53. The van der Waals surface area contributed by atoms with Gasteiger partial charge >= 0.3 is 0 Å². The number of hydrogen-bond acceptors (Lipinski definition) is 3. The summed E-state index contributed by atoms with van der Waals surface area (Å²) in [6, 6.07) is 0.509. The largest absolute Gasteiger partial charge is 0.381 e. The van der Waals surface area contributed by atoms with Crippen molar-refractivity contribution in [2.45, 2.75) is 37.3 Å². The molecule has 2 heterocycles. The molecular formula is C11H17N3O. The highest BCUT2D eigenvalue weighted by atomic mass is 16.5. The molecule has 0 bridgehead atoms. The zero-order valence-corrected chi connectivity index (χ0v) is 8.85. The van der Waals surface area contributed by atoms with E-state index in [4.69, 9.17) is 10.5 Å². The molecule has 2 aliphatic rings. The summed E-state index contributed by atoms with van der Waals surface area (Å²) >= 11 is 0. The van der Waals surface area contributed by atoms with E-state index >= 15 is 0 Å². The highest BCUT2D eigenvalue weighted by molar-refractivity contribution is 5.24. The van der Waals surface area contributed by atoms with Gasteiger partial charge in [-0.1, -0.05) is 0 Å². The Hall–Kier alpha value is -0.870. The predicted octanol–water partition coefficient (Wildman–Crippen LogP) is 1.18. The third kappa shape index (κ3) is 1.68. The topological polar surface area (TPSA) is 53.1 Å². The number of aromatic nitrogens is 2. The monoisotopic (exact) mass is 207 g/mol. The Morgan fingerprint density at radius 1 is 1.40 bits per heavy atom. The van der Waals surface area contributed by atoms with Crippen molar-refractivity contribution in [3.05, 3.63) is 18.0 Å². The first-order chi connectivity index (χ1) is 7.28. The molecule has 0 aromatic carbocycles. The lowest BCUT2D eigenvalue weighted by atomic mass is 10.1. The molecule has 4 nitrogen and oxygen atoms in total. The van der Waals surface area contributed by atoms with E-state index in [1.165, 1.54) is 5.56 Å². The van der Waals surface area contributed by atoms with E-state index in [1.807, 2.05) is 6.20 Å². The summed E-state index contributed by atoms with van der Waals surface area (Å²) in [4.78, 5) is 0. The zero-order chi connectivity index (χ0) is 10.3. The molecule has 15 heavy (non-hydrogen) atoms. The second-order valence-electron chi connectivity index (χ2n) is 4.71.